The summed E-state index contributed by atoms with van der Waals surface area (Å²) in [6.07, 6.45) is 1.42. The molecule has 0 aromatic heterocycles. The zero-order valence-corrected chi connectivity index (χ0v) is 14.5. The molecule has 0 atom stereocenters. The first-order valence-electron chi connectivity index (χ1n) is 8.53. The Morgan fingerprint density at radius 2 is 2.08 bits per heavy atom. The first-order valence-corrected chi connectivity index (χ1v) is 8.53. The number of benzene rings is 2. The number of hydrogen-bond donors (Lipinski definition) is 1. The standard InChI is InChI=1S/C20H22N2O3/c1-3-25-18-12-14(2)9-10-17(18)21-20(24)15-6-4-7-16(13-15)22-11-5-8-19(22)23/h4,6-7,9-10,12-13H,3,5,8,11H2,1-2H3,(H,21,24). The number of nitrogens with one attached hydrogen (secondary N) is 1. The molecule has 2 aromatic carbocycles. The second-order valence-corrected chi connectivity index (χ2v) is 6.09. The van der Waals surface area contributed by atoms with E-state index in [1.807, 2.05) is 38.1 Å². The Kier molecular flexibility index (Phi) is 5.03. The summed E-state index contributed by atoms with van der Waals surface area (Å²) in [6, 6.07) is 12.8. The molecule has 130 valence electrons. The number of nitrogens with zero attached hydrogens (tertiary/aromatic N) is 1. The predicted molar refractivity (Wildman–Crippen MR) is 98.3 cm³/mol. The highest BCUT2D eigenvalue weighted by molar-refractivity contribution is 6.06. The molecule has 1 heterocycles. The monoisotopic (exact) mass is 338 g/mol. The molecular weight excluding hydrogens is 316 g/mol. The van der Waals surface area contributed by atoms with E-state index < -0.39 is 0 Å². The topological polar surface area (TPSA) is 58.6 Å². The number of ether oxygens (including phenoxy) is 1. The maximum atomic E-state index is 12.6. The van der Waals surface area contributed by atoms with Gasteiger partial charge in [-0.2, -0.15) is 0 Å². The lowest BCUT2D eigenvalue weighted by Gasteiger charge is -2.17. The van der Waals surface area contributed by atoms with Crippen LogP contribution in [0.25, 0.3) is 0 Å². The largest absolute Gasteiger partial charge is 0.492 e. The van der Waals surface area contributed by atoms with Crippen molar-refractivity contribution in [1.82, 2.24) is 0 Å². The van der Waals surface area contributed by atoms with Gasteiger partial charge in [0.05, 0.1) is 12.3 Å². The van der Waals surface area contributed by atoms with E-state index in [4.69, 9.17) is 4.74 Å². The predicted octanol–water partition coefficient (Wildman–Crippen LogP) is 3.77. The minimum Gasteiger partial charge on any atom is -0.492 e. The van der Waals surface area contributed by atoms with Crippen molar-refractivity contribution >= 4 is 23.2 Å². The van der Waals surface area contributed by atoms with Gasteiger partial charge in [-0.3, -0.25) is 9.59 Å². The minimum atomic E-state index is -0.224. The summed E-state index contributed by atoms with van der Waals surface area (Å²) in [6.45, 7) is 5.12. The molecule has 3 rings (SSSR count). The lowest BCUT2D eigenvalue weighted by molar-refractivity contribution is -0.117. The number of carbonyl (C=O) groups is 2. The Labute approximate surface area is 147 Å². The van der Waals surface area contributed by atoms with E-state index in [0.29, 0.717) is 36.6 Å². The van der Waals surface area contributed by atoms with Crippen molar-refractivity contribution in [2.75, 3.05) is 23.4 Å². The number of anilines is 2. The van der Waals surface area contributed by atoms with Gasteiger partial charge < -0.3 is 15.0 Å². The van der Waals surface area contributed by atoms with E-state index in [0.717, 1.165) is 17.7 Å². The quantitative estimate of drug-likeness (QED) is 0.903. The molecule has 0 saturated carbocycles. The zero-order chi connectivity index (χ0) is 17.8. The number of rotatable bonds is 5. The number of carbonyl (C=O) groups excluding carboxylic acids is 2. The van der Waals surface area contributed by atoms with Crippen LogP contribution in [0.5, 0.6) is 5.75 Å². The lowest BCUT2D eigenvalue weighted by Crippen LogP contribution is -2.24. The summed E-state index contributed by atoms with van der Waals surface area (Å²) in [4.78, 5) is 26.3. The first kappa shape index (κ1) is 17.0. The molecule has 2 amide bonds. The Morgan fingerprint density at radius 3 is 2.80 bits per heavy atom. The van der Waals surface area contributed by atoms with Crippen LogP contribution in [0, 0.1) is 6.92 Å². The van der Waals surface area contributed by atoms with Gasteiger partial charge in [0.25, 0.3) is 5.91 Å². The third-order valence-electron chi connectivity index (χ3n) is 4.18. The van der Waals surface area contributed by atoms with E-state index in [2.05, 4.69) is 5.32 Å². The van der Waals surface area contributed by atoms with E-state index in [9.17, 15) is 9.59 Å². The summed E-state index contributed by atoms with van der Waals surface area (Å²) in [7, 11) is 0. The Morgan fingerprint density at radius 1 is 1.24 bits per heavy atom. The highest BCUT2D eigenvalue weighted by Crippen LogP contribution is 2.27. The van der Waals surface area contributed by atoms with Crippen molar-refractivity contribution < 1.29 is 14.3 Å². The van der Waals surface area contributed by atoms with Gasteiger partial charge in [-0.1, -0.05) is 12.1 Å². The van der Waals surface area contributed by atoms with Gasteiger partial charge in [-0.15, -0.1) is 0 Å². The molecule has 1 aliphatic heterocycles. The second kappa shape index (κ2) is 7.38. The number of aryl methyl sites for hydroxylation is 1. The van der Waals surface area contributed by atoms with Crippen molar-refractivity contribution in [3.05, 3.63) is 53.6 Å². The third kappa shape index (κ3) is 3.82. The number of amides is 2. The van der Waals surface area contributed by atoms with Crippen molar-refractivity contribution in [3.63, 3.8) is 0 Å². The molecule has 25 heavy (non-hydrogen) atoms. The van der Waals surface area contributed by atoms with Gasteiger partial charge in [0.1, 0.15) is 5.75 Å². The van der Waals surface area contributed by atoms with E-state index in [-0.39, 0.29) is 11.8 Å². The van der Waals surface area contributed by atoms with Gasteiger partial charge >= 0.3 is 0 Å². The highest BCUT2D eigenvalue weighted by Gasteiger charge is 2.22. The smallest absolute Gasteiger partial charge is 0.255 e. The molecular formula is C20H22N2O3. The van der Waals surface area contributed by atoms with Gasteiger partial charge in [-0.25, -0.2) is 0 Å². The van der Waals surface area contributed by atoms with Gasteiger partial charge in [-0.05, 0) is 56.2 Å². The van der Waals surface area contributed by atoms with Crippen LogP contribution in [0.4, 0.5) is 11.4 Å². The maximum Gasteiger partial charge on any atom is 0.255 e. The van der Waals surface area contributed by atoms with Crippen molar-refractivity contribution in [1.29, 1.82) is 0 Å². The van der Waals surface area contributed by atoms with Crippen LogP contribution in [0.15, 0.2) is 42.5 Å². The van der Waals surface area contributed by atoms with E-state index in [1.54, 1.807) is 23.1 Å². The summed E-state index contributed by atoms with van der Waals surface area (Å²) in [5, 5.41) is 2.90. The Balaban J connectivity index is 1.81. The summed E-state index contributed by atoms with van der Waals surface area (Å²) in [5.74, 6) is 0.537. The maximum absolute atomic E-state index is 12.6. The summed E-state index contributed by atoms with van der Waals surface area (Å²) >= 11 is 0. The lowest BCUT2D eigenvalue weighted by atomic mass is 10.1. The second-order valence-electron chi connectivity index (χ2n) is 6.09. The van der Waals surface area contributed by atoms with Crippen LogP contribution in [-0.4, -0.2) is 25.0 Å². The Hall–Kier alpha value is -2.82. The molecule has 5 heteroatoms. The molecule has 0 unspecified atom stereocenters. The molecule has 1 saturated heterocycles. The van der Waals surface area contributed by atoms with Crippen molar-refractivity contribution in [2.24, 2.45) is 0 Å². The van der Waals surface area contributed by atoms with Gasteiger partial charge in [0.15, 0.2) is 0 Å². The van der Waals surface area contributed by atoms with Crippen LogP contribution in [0.1, 0.15) is 35.7 Å². The van der Waals surface area contributed by atoms with Crippen molar-refractivity contribution in [2.45, 2.75) is 26.7 Å². The molecule has 0 aliphatic carbocycles. The first-order chi connectivity index (χ1) is 12.1. The fourth-order valence-electron chi connectivity index (χ4n) is 2.94. The van der Waals surface area contributed by atoms with Crippen LogP contribution in [0.2, 0.25) is 0 Å². The molecule has 5 nitrogen and oxygen atoms in total. The summed E-state index contributed by atoms with van der Waals surface area (Å²) in [5.41, 5.74) is 2.99. The van der Waals surface area contributed by atoms with Crippen LogP contribution in [-0.2, 0) is 4.79 Å². The normalized spacial score (nSPS) is 13.8. The molecule has 1 fully saturated rings. The third-order valence-corrected chi connectivity index (χ3v) is 4.18. The fraction of sp³-hybridized carbons (Fsp3) is 0.300. The average Bonchev–Trinajstić information content (AvgIpc) is 3.03. The zero-order valence-electron chi connectivity index (χ0n) is 14.5. The van der Waals surface area contributed by atoms with Gasteiger partial charge in [0.2, 0.25) is 5.91 Å². The highest BCUT2D eigenvalue weighted by atomic mass is 16.5. The molecule has 0 bridgehead atoms. The van der Waals surface area contributed by atoms with Gasteiger partial charge in [0, 0.05) is 24.2 Å². The average molecular weight is 338 g/mol. The molecule has 1 N–H and O–H groups in total. The van der Waals surface area contributed by atoms with Crippen molar-refractivity contribution in [3.8, 4) is 5.75 Å². The van der Waals surface area contributed by atoms with Crippen LogP contribution >= 0.6 is 0 Å². The van der Waals surface area contributed by atoms with Crippen LogP contribution < -0.4 is 15.0 Å². The summed E-state index contributed by atoms with van der Waals surface area (Å²) < 4.78 is 5.61. The van der Waals surface area contributed by atoms with Crippen LogP contribution in [0.3, 0.4) is 0 Å². The van der Waals surface area contributed by atoms with E-state index in [1.165, 1.54) is 0 Å². The van der Waals surface area contributed by atoms with E-state index >= 15 is 0 Å². The fourth-order valence-corrected chi connectivity index (χ4v) is 2.94. The minimum absolute atomic E-state index is 0.106. The molecule has 1 aliphatic rings. The number of hydrogen-bond acceptors (Lipinski definition) is 3. The Bertz CT molecular complexity index is 801. The molecule has 0 spiro atoms. The molecule has 0 radical (unpaired) electrons. The SMILES string of the molecule is CCOc1cc(C)ccc1NC(=O)c1cccc(N2CCCC2=O)c1. The molecule has 2 aromatic rings.